The summed E-state index contributed by atoms with van der Waals surface area (Å²) in [6.45, 7) is 1.80. The molecule has 1 saturated heterocycles. The number of nitrogens with one attached hydrogen (secondary N) is 1. The first-order valence-electron chi connectivity index (χ1n) is 10.9. The van der Waals surface area contributed by atoms with Gasteiger partial charge in [0.1, 0.15) is 11.3 Å². The minimum atomic E-state index is -0.461. The van der Waals surface area contributed by atoms with Crippen LogP contribution in [0.3, 0.4) is 0 Å². The van der Waals surface area contributed by atoms with E-state index in [2.05, 4.69) is 21.3 Å². The van der Waals surface area contributed by atoms with E-state index in [1.165, 1.54) is 6.07 Å². The molecule has 0 aliphatic carbocycles. The van der Waals surface area contributed by atoms with E-state index < -0.39 is 5.82 Å². The first-order valence-corrected chi connectivity index (χ1v) is 11.3. The number of carbonyl (C=O) groups excluding carboxylic acids is 1. The van der Waals surface area contributed by atoms with Crippen molar-refractivity contribution in [1.82, 2.24) is 19.9 Å². The summed E-state index contributed by atoms with van der Waals surface area (Å²) in [4.78, 5) is 19.5. The summed E-state index contributed by atoms with van der Waals surface area (Å²) in [5.74, 6) is 0.363. The van der Waals surface area contributed by atoms with Gasteiger partial charge in [0.05, 0.1) is 10.7 Å². The van der Waals surface area contributed by atoms with Gasteiger partial charge in [0, 0.05) is 43.5 Å². The number of halogens is 2. The molecule has 1 aliphatic rings. The van der Waals surface area contributed by atoms with Gasteiger partial charge in [-0.1, -0.05) is 48.0 Å². The molecule has 168 valence electrons. The average Bonchev–Trinajstić information content (AvgIpc) is 3.30. The molecule has 1 aliphatic heterocycles. The lowest BCUT2D eigenvalue weighted by Crippen LogP contribution is -2.40. The van der Waals surface area contributed by atoms with Gasteiger partial charge in [0.25, 0.3) is 0 Å². The lowest BCUT2D eigenvalue weighted by molar-refractivity contribution is -0.125. The molecule has 1 fully saturated rings. The number of aromatic nitrogens is 3. The molecule has 5 rings (SSSR count). The lowest BCUT2D eigenvalue weighted by Gasteiger charge is -2.32. The van der Waals surface area contributed by atoms with Crippen LogP contribution in [0.4, 0.5) is 10.2 Å². The Kier molecular flexibility index (Phi) is 5.96. The van der Waals surface area contributed by atoms with Crippen LogP contribution in [0.15, 0.2) is 67.0 Å². The van der Waals surface area contributed by atoms with E-state index in [1.807, 2.05) is 41.0 Å². The van der Waals surface area contributed by atoms with Gasteiger partial charge in [-0.05, 0) is 36.6 Å². The molecule has 0 radical (unpaired) electrons. The van der Waals surface area contributed by atoms with Crippen LogP contribution in [0.25, 0.3) is 16.8 Å². The highest BCUT2D eigenvalue weighted by atomic mass is 35.5. The van der Waals surface area contributed by atoms with Crippen molar-refractivity contribution >= 4 is 28.8 Å². The van der Waals surface area contributed by atoms with E-state index in [0.29, 0.717) is 6.54 Å². The van der Waals surface area contributed by atoms with Crippen LogP contribution in [-0.2, 0) is 11.3 Å². The van der Waals surface area contributed by atoms with Gasteiger partial charge in [-0.3, -0.25) is 4.79 Å². The summed E-state index contributed by atoms with van der Waals surface area (Å²) in [6.07, 6.45) is 5.08. The molecule has 8 heteroatoms. The molecule has 1 amide bonds. The average molecular weight is 464 g/mol. The van der Waals surface area contributed by atoms with Gasteiger partial charge in [-0.15, -0.1) is 0 Å². The Morgan fingerprint density at radius 2 is 1.91 bits per heavy atom. The van der Waals surface area contributed by atoms with Crippen LogP contribution >= 0.6 is 11.6 Å². The first-order chi connectivity index (χ1) is 16.1. The summed E-state index contributed by atoms with van der Waals surface area (Å²) >= 11 is 5.82. The molecular weight excluding hydrogens is 441 g/mol. The Labute approximate surface area is 196 Å². The van der Waals surface area contributed by atoms with Crippen molar-refractivity contribution in [2.45, 2.75) is 19.4 Å². The second-order valence-electron chi connectivity index (χ2n) is 8.20. The molecule has 0 saturated carbocycles. The summed E-state index contributed by atoms with van der Waals surface area (Å²) in [6, 6.07) is 16.6. The fourth-order valence-corrected chi connectivity index (χ4v) is 4.44. The molecular formula is C25H23ClFN5O. The monoisotopic (exact) mass is 463 g/mol. The van der Waals surface area contributed by atoms with Crippen molar-refractivity contribution in [3.8, 4) is 11.3 Å². The third kappa shape index (κ3) is 4.54. The number of hydrogen-bond acceptors (Lipinski definition) is 4. The molecule has 4 aromatic rings. The Morgan fingerprint density at radius 1 is 1.12 bits per heavy atom. The van der Waals surface area contributed by atoms with Crippen LogP contribution < -0.4 is 10.2 Å². The van der Waals surface area contributed by atoms with Gasteiger partial charge in [0.2, 0.25) is 5.91 Å². The van der Waals surface area contributed by atoms with E-state index >= 15 is 0 Å². The number of nitrogens with zero attached hydrogens (tertiary/aromatic N) is 4. The molecule has 3 heterocycles. The summed E-state index contributed by atoms with van der Waals surface area (Å²) in [5, 5.41) is 7.71. The third-order valence-corrected chi connectivity index (χ3v) is 6.34. The molecule has 2 aromatic heterocycles. The summed E-state index contributed by atoms with van der Waals surface area (Å²) in [5.41, 5.74) is 3.69. The van der Waals surface area contributed by atoms with Crippen molar-refractivity contribution in [1.29, 1.82) is 0 Å². The Hall–Kier alpha value is -3.45. The highest BCUT2D eigenvalue weighted by Crippen LogP contribution is 2.28. The zero-order chi connectivity index (χ0) is 22.8. The van der Waals surface area contributed by atoms with Crippen LogP contribution in [0.1, 0.15) is 18.4 Å². The predicted octanol–water partition coefficient (Wildman–Crippen LogP) is 4.72. The lowest BCUT2D eigenvalue weighted by atomic mass is 9.95. The minimum absolute atomic E-state index is 0.0111. The molecule has 0 bridgehead atoms. The number of fused-ring (bicyclic) bond motifs is 1. The molecule has 0 atom stereocenters. The number of anilines is 1. The Bertz CT molecular complexity index is 1280. The number of carbonyl (C=O) groups is 1. The topological polar surface area (TPSA) is 62.5 Å². The van der Waals surface area contributed by atoms with Crippen LogP contribution in [0.2, 0.25) is 5.02 Å². The second-order valence-corrected chi connectivity index (χ2v) is 8.61. The number of benzene rings is 2. The number of piperidine rings is 1. The van der Waals surface area contributed by atoms with Gasteiger partial charge < -0.3 is 10.2 Å². The van der Waals surface area contributed by atoms with Gasteiger partial charge in [-0.2, -0.15) is 5.10 Å². The second kappa shape index (κ2) is 9.19. The van der Waals surface area contributed by atoms with Crippen LogP contribution in [-0.4, -0.2) is 33.6 Å². The van der Waals surface area contributed by atoms with Gasteiger partial charge in [0.15, 0.2) is 5.82 Å². The van der Waals surface area contributed by atoms with E-state index in [9.17, 15) is 9.18 Å². The quantitative estimate of drug-likeness (QED) is 0.465. The maximum atomic E-state index is 13.3. The SMILES string of the molecule is O=C(NCc1ccc(F)c(Cl)c1)C1CCN(c2nccn3nc(-c4ccccc4)cc23)CC1. The summed E-state index contributed by atoms with van der Waals surface area (Å²) < 4.78 is 15.2. The fourth-order valence-electron chi connectivity index (χ4n) is 4.24. The zero-order valence-corrected chi connectivity index (χ0v) is 18.7. The van der Waals surface area contributed by atoms with E-state index in [-0.39, 0.29) is 16.8 Å². The van der Waals surface area contributed by atoms with Crippen molar-refractivity contribution in [3.05, 3.63) is 83.4 Å². The molecule has 2 aromatic carbocycles. The van der Waals surface area contributed by atoms with Crippen molar-refractivity contribution in [2.75, 3.05) is 18.0 Å². The molecule has 33 heavy (non-hydrogen) atoms. The maximum absolute atomic E-state index is 13.3. The van der Waals surface area contributed by atoms with E-state index in [4.69, 9.17) is 16.7 Å². The normalized spacial score (nSPS) is 14.5. The largest absolute Gasteiger partial charge is 0.355 e. The fraction of sp³-hybridized carbons (Fsp3) is 0.240. The molecule has 1 N–H and O–H groups in total. The number of hydrogen-bond donors (Lipinski definition) is 1. The van der Waals surface area contributed by atoms with Crippen molar-refractivity contribution in [2.24, 2.45) is 5.92 Å². The molecule has 6 nitrogen and oxygen atoms in total. The van der Waals surface area contributed by atoms with E-state index in [0.717, 1.165) is 54.1 Å². The predicted molar refractivity (Wildman–Crippen MR) is 127 cm³/mol. The van der Waals surface area contributed by atoms with Crippen molar-refractivity contribution < 1.29 is 9.18 Å². The molecule has 0 spiro atoms. The zero-order valence-electron chi connectivity index (χ0n) is 17.9. The summed E-state index contributed by atoms with van der Waals surface area (Å²) in [7, 11) is 0. The maximum Gasteiger partial charge on any atom is 0.223 e. The Morgan fingerprint density at radius 3 is 2.67 bits per heavy atom. The number of rotatable bonds is 5. The van der Waals surface area contributed by atoms with Crippen LogP contribution in [0.5, 0.6) is 0 Å². The van der Waals surface area contributed by atoms with Crippen LogP contribution in [0, 0.1) is 11.7 Å². The number of amides is 1. The smallest absolute Gasteiger partial charge is 0.223 e. The minimum Gasteiger partial charge on any atom is -0.355 e. The molecule has 0 unspecified atom stereocenters. The standard InChI is InChI=1S/C25H23ClFN5O/c26-20-14-17(6-7-21(20)27)16-29-25(33)19-8-11-31(12-9-19)24-23-15-22(18-4-2-1-3-5-18)30-32(23)13-10-28-24/h1-7,10,13-15,19H,8-9,11-12,16H2,(H,29,33). The highest BCUT2D eigenvalue weighted by Gasteiger charge is 2.26. The first kappa shape index (κ1) is 21.4. The van der Waals surface area contributed by atoms with Gasteiger partial charge >= 0.3 is 0 Å². The third-order valence-electron chi connectivity index (χ3n) is 6.06. The highest BCUT2D eigenvalue weighted by molar-refractivity contribution is 6.30. The Balaban J connectivity index is 1.24. The van der Waals surface area contributed by atoms with E-state index in [1.54, 1.807) is 18.3 Å². The van der Waals surface area contributed by atoms with Crippen molar-refractivity contribution in [3.63, 3.8) is 0 Å². The van der Waals surface area contributed by atoms with Gasteiger partial charge in [-0.25, -0.2) is 13.9 Å².